The van der Waals surface area contributed by atoms with E-state index in [2.05, 4.69) is 48.1 Å². The van der Waals surface area contributed by atoms with E-state index in [1.807, 2.05) is 12.1 Å². The van der Waals surface area contributed by atoms with Crippen LogP contribution in [-0.2, 0) is 25.5 Å². The standard InChI is InChI=1S/C53H95N3O5/c1-6-8-10-12-23-27-31-48(32-28-24-13-11-9-7-2)56(51(57)33-29-25-21-19-17-15-14-16-18-20-22-26-30-34-52(58)61-5)50(45-47-40-43-55(3)44-41-47)53(59)54-42-39-46-35-37-49(60-4)38-36-46/h35-38,47-48,50H,6-34,39-45H2,1-5H3,(H,54,59). The van der Waals surface area contributed by atoms with Crippen LogP contribution in [-0.4, -0.2) is 80.6 Å². The van der Waals surface area contributed by atoms with Gasteiger partial charge in [0.1, 0.15) is 11.8 Å². The highest BCUT2D eigenvalue weighted by atomic mass is 16.5. The number of methoxy groups -OCH3 is 2. The van der Waals surface area contributed by atoms with Crippen LogP contribution >= 0.6 is 0 Å². The predicted octanol–water partition coefficient (Wildman–Crippen LogP) is 13.2. The molecule has 8 heteroatoms. The zero-order valence-electron chi connectivity index (χ0n) is 40.4. The number of ether oxygens (including phenoxy) is 2. The van der Waals surface area contributed by atoms with Crippen LogP contribution in [0.4, 0.5) is 0 Å². The summed E-state index contributed by atoms with van der Waals surface area (Å²) in [7, 11) is 5.35. The third-order valence-corrected chi connectivity index (χ3v) is 13.4. The van der Waals surface area contributed by atoms with E-state index in [1.54, 1.807) is 7.11 Å². The molecule has 1 aromatic carbocycles. The minimum Gasteiger partial charge on any atom is -0.497 e. The van der Waals surface area contributed by atoms with Crippen molar-refractivity contribution in [2.24, 2.45) is 5.92 Å². The molecule has 1 fully saturated rings. The number of hydrogen-bond donors (Lipinski definition) is 1. The normalized spacial score (nSPS) is 14.0. The first-order valence-electron chi connectivity index (χ1n) is 25.8. The Balaban J connectivity index is 2.10. The van der Waals surface area contributed by atoms with E-state index >= 15 is 0 Å². The van der Waals surface area contributed by atoms with Crippen molar-refractivity contribution in [1.29, 1.82) is 0 Å². The van der Waals surface area contributed by atoms with Crippen LogP contribution in [0.1, 0.15) is 225 Å². The minimum atomic E-state index is -0.415. The van der Waals surface area contributed by atoms with Crippen molar-refractivity contribution in [3.05, 3.63) is 29.8 Å². The second-order valence-electron chi connectivity index (χ2n) is 18.6. The van der Waals surface area contributed by atoms with Gasteiger partial charge in [-0.3, -0.25) is 14.4 Å². The summed E-state index contributed by atoms with van der Waals surface area (Å²) in [5.41, 5.74) is 1.17. The van der Waals surface area contributed by atoms with Crippen molar-refractivity contribution >= 4 is 17.8 Å². The number of nitrogens with one attached hydrogen (secondary N) is 1. The Kier molecular flexibility index (Phi) is 32.9. The fourth-order valence-corrected chi connectivity index (χ4v) is 9.30. The number of carbonyl (C=O) groups excluding carboxylic acids is 3. The average molecular weight is 854 g/mol. The number of hydrogen-bond acceptors (Lipinski definition) is 6. The quantitative estimate of drug-likeness (QED) is 0.0524. The highest BCUT2D eigenvalue weighted by Crippen LogP contribution is 2.29. The van der Waals surface area contributed by atoms with Crippen molar-refractivity contribution in [2.45, 2.75) is 238 Å². The highest BCUT2D eigenvalue weighted by molar-refractivity contribution is 5.88. The van der Waals surface area contributed by atoms with Crippen LogP contribution in [0.2, 0.25) is 0 Å². The number of carbonyl (C=O) groups is 3. The van der Waals surface area contributed by atoms with Gasteiger partial charge in [0.25, 0.3) is 0 Å². The lowest BCUT2D eigenvalue weighted by Crippen LogP contribution is -2.55. The second kappa shape index (κ2) is 36.8. The summed E-state index contributed by atoms with van der Waals surface area (Å²) < 4.78 is 10.1. The van der Waals surface area contributed by atoms with Gasteiger partial charge in [-0.15, -0.1) is 0 Å². The number of esters is 1. The molecule has 1 saturated heterocycles. The highest BCUT2D eigenvalue weighted by Gasteiger charge is 2.36. The summed E-state index contributed by atoms with van der Waals surface area (Å²) in [6.45, 7) is 7.23. The summed E-state index contributed by atoms with van der Waals surface area (Å²) in [5, 5.41) is 3.36. The lowest BCUT2D eigenvalue weighted by atomic mass is 9.87. The van der Waals surface area contributed by atoms with Crippen molar-refractivity contribution in [3.63, 3.8) is 0 Å². The number of nitrogens with zero attached hydrogens (tertiary/aromatic N) is 2. The molecule has 2 rings (SSSR count). The Bertz CT molecular complexity index is 1200. The number of benzene rings is 1. The SMILES string of the molecule is CCCCCCCCC(CCCCCCCC)N(C(=O)CCCCCCCCCCCCCCCC(=O)OC)C(CC1CCN(C)CC1)C(=O)NCCc1ccc(OC)cc1. The minimum absolute atomic E-state index is 0.0512. The molecule has 0 aliphatic carbocycles. The number of unbranched alkanes of at least 4 members (excludes halogenated alkanes) is 22. The molecule has 0 radical (unpaired) electrons. The van der Waals surface area contributed by atoms with Crippen LogP contribution in [0.25, 0.3) is 0 Å². The van der Waals surface area contributed by atoms with Gasteiger partial charge in [0.15, 0.2) is 0 Å². The molecule has 2 amide bonds. The monoisotopic (exact) mass is 854 g/mol. The van der Waals surface area contributed by atoms with Crippen molar-refractivity contribution in [3.8, 4) is 5.75 Å². The molecule has 1 unspecified atom stereocenters. The van der Waals surface area contributed by atoms with Crippen LogP contribution in [0, 0.1) is 5.92 Å². The van der Waals surface area contributed by atoms with Crippen LogP contribution in [0.5, 0.6) is 5.75 Å². The second-order valence-corrected chi connectivity index (χ2v) is 18.6. The molecule has 1 aliphatic heterocycles. The fourth-order valence-electron chi connectivity index (χ4n) is 9.30. The van der Waals surface area contributed by atoms with Crippen LogP contribution < -0.4 is 10.1 Å². The van der Waals surface area contributed by atoms with Gasteiger partial charge in [0.05, 0.1) is 14.2 Å². The molecule has 0 bridgehead atoms. The zero-order chi connectivity index (χ0) is 44.2. The summed E-state index contributed by atoms with van der Waals surface area (Å²) in [6.07, 6.45) is 37.0. The van der Waals surface area contributed by atoms with E-state index in [0.29, 0.717) is 25.3 Å². The molecule has 8 nitrogen and oxygen atoms in total. The van der Waals surface area contributed by atoms with E-state index in [-0.39, 0.29) is 23.8 Å². The Labute approximate surface area is 375 Å². The maximum Gasteiger partial charge on any atom is 0.305 e. The average Bonchev–Trinajstić information content (AvgIpc) is 3.27. The van der Waals surface area contributed by atoms with Gasteiger partial charge in [-0.05, 0) is 95.1 Å². The summed E-state index contributed by atoms with van der Waals surface area (Å²) in [4.78, 5) is 45.3. The number of amides is 2. The van der Waals surface area contributed by atoms with E-state index < -0.39 is 6.04 Å². The molecule has 0 spiro atoms. The first-order valence-corrected chi connectivity index (χ1v) is 25.8. The van der Waals surface area contributed by atoms with E-state index in [0.717, 1.165) is 95.9 Å². The van der Waals surface area contributed by atoms with E-state index in [1.165, 1.54) is 135 Å². The number of likely N-dealkylation sites (tertiary alicyclic amines) is 1. The van der Waals surface area contributed by atoms with Gasteiger partial charge in [0.2, 0.25) is 11.8 Å². The summed E-state index contributed by atoms with van der Waals surface area (Å²) >= 11 is 0. The molecule has 1 aromatic rings. The maximum absolute atomic E-state index is 14.8. The third-order valence-electron chi connectivity index (χ3n) is 13.4. The molecule has 0 saturated carbocycles. The van der Waals surface area contributed by atoms with Crippen molar-refractivity contribution < 1.29 is 23.9 Å². The molecule has 1 atom stereocenters. The lowest BCUT2D eigenvalue weighted by molar-refractivity contribution is -0.144. The molecule has 1 N–H and O–H groups in total. The Morgan fingerprint density at radius 1 is 0.656 bits per heavy atom. The van der Waals surface area contributed by atoms with Crippen LogP contribution in [0.15, 0.2) is 24.3 Å². The number of rotatable bonds is 39. The third kappa shape index (κ3) is 26.6. The van der Waals surface area contributed by atoms with Crippen LogP contribution in [0.3, 0.4) is 0 Å². The summed E-state index contributed by atoms with van der Waals surface area (Å²) in [6, 6.07) is 7.83. The van der Waals surface area contributed by atoms with Gasteiger partial charge in [-0.1, -0.05) is 174 Å². The molecular weight excluding hydrogens is 759 g/mol. The van der Waals surface area contributed by atoms with Gasteiger partial charge in [-0.2, -0.15) is 0 Å². The first-order chi connectivity index (χ1) is 29.8. The zero-order valence-corrected chi connectivity index (χ0v) is 40.4. The van der Waals surface area contributed by atoms with Gasteiger partial charge in [-0.25, -0.2) is 0 Å². The van der Waals surface area contributed by atoms with E-state index in [9.17, 15) is 14.4 Å². The fraction of sp³-hybridized carbons (Fsp3) is 0.830. The first kappa shape index (κ1) is 54.5. The van der Waals surface area contributed by atoms with Crippen molar-refractivity contribution in [1.82, 2.24) is 15.1 Å². The van der Waals surface area contributed by atoms with E-state index in [4.69, 9.17) is 9.47 Å². The van der Waals surface area contributed by atoms with Gasteiger partial charge < -0.3 is 24.6 Å². The largest absolute Gasteiger partial charge is 0.497 e. The topological polar surface area (TPSA) is 88.2 Å². The lowest BCUT2D eigenvalue weighted by Gasteiger charge is -2.40. The molecule has 1 aliphatic rings. The maximum atomic E-state index is 14.8. The van der Waals surface area contributed by atoms with Gasteiger partial charge in [0, 0.05) is 25.4 Å². The molecule has 0 aromatic heterocycles. The Morgan fingerprint density at radius 3 is 1.59 bits per heavy atom. The molecule has 61 heavy (non-hydrogen) atoms. The summed E-state index contributed by atoms with van der Waals surface area (Å²) in [5.74, 6) is 1.46. The predicted molar refractivity (Wildman–Crippen MR) is 256 cm³/mol. The molecule has 1 heterocycles. The van der Waals surface area contributed by atoms with Crippen molar-refractivity contribution in [2.75, 3.05) is 40.9 Å². The molecular formula is C53H95N3O5. The smallest absolute Gasteiger partial charge is 0.305 e. The number of piperidine rings is 1. The Morgan fingerprint density at radius 2 is 1.11 bits per heavy atom. The molecule has 352 valence electrons. The Hall–Kier alpha value is -2.61. The van der Waals surface area contributed by atoms with Gasteiger partial charge >= 0.3 is 5.97 Å².